The summed E-state index contributed by atoms with van der Waals surface area (Å²) in [5, 5.41) is 3.70. The van der Waals surface area contributed by atoms with Gasteiger partial charge in [-0.05, 0) is 0 Å². The van der Waals surface area contributed by atoms with E-state index >= 15 is 0 Å². The second kappa shape index (κ2) is 5.37. The summed E-state index contributed by atoms with van der Waals surface area (Å²) in [5.41, 5.74) is 0.729. The topological polar surface area (TPSA) is 94.2 Å². The van der Waals surface area contributed by atoms with Crippen LogP contribution >= 0.6 is 0 Å². The molecule has 1 aromatic carbocycles. The van der Waals surface area contributed by atoms with Gasteiger partial charge in [-0.25, -0.2) is 17.9 Å². The third-order valence-corrected chi connectivity index (χ3v) is 3.15. The molecule has 2 aromatic rings. The Hall–Kier alpha value is -1.93. The number of nitrogens with zero attached hydrogens (tertiary/aromatic N) is 2. The van der Waals surface area contributed by atoms with E-state index in [4.69, 9.17) is 0 Å². The maximum absolute atomic E-state index is 11.5. The average molecular weight is 283 g/mol. The van der Waals surface area contributed by atoms with Gasteiger partial charge in [-0.2, -0.15) is 0 Å². The number of benzene rings is 1. The van der Waals surface area contributed by atoms with Crippen molar-refractivity contribution in [1.29, 1.82) is 0 Å². The van der Waals surface area contributed by atoms with Gasteiger partial charge in [-0.1, -0.05) is 35.5 Å². The van der Waals surface area contributed by atoms with Crippen molar-refractivity contribution in [3.8, 4) is 11.4 Å². The van der Waals surface area contributed by atoms with E-state index in [-0.39, 0.29) is 13.1 Å². The normalized spacial score (nSPS) is 11.6. The van der Waals surface area contributed by atoms with E-state index in [9.17, 15) is 13.2 Å². The molecule has 7 nitrogen and oxygen atoms in total. The molecule has 1 N–H and O–H groups in total. The third kappa shape index (κ3) is 3.52. The van der Waals surface area contributed by atoms with Crippen LogP contribution in [0.15, 0.2) is 39.6 Å². The van der Waals surface area contributed by atoms with Gasteiger partial charge >= 0.3 is 5.76 Å². The number of nitrogens with one attached hydrogen (secondary N) is 1. The largest absolute Gasteiger partial charge is 0.441 e. The minimum Gasteiger partial charge on any atom is -0.295 e. The quantitative estimate of drug-likeness (QED) is 0.837. The molecule has 0 atom stereocenters. The molecular formula is C11H13N3O4S. The zero-order valence-corrected chi connectivity index (χ0v) is 11.1. The molecule has 0 amide bonds. The summed E-state index contributed by atoms with van der Waals surface area (Å²) >= 11 is 0. The molecule has 1 aromatic heterocycles. The summed E-state index contributed by atoms with van der Waals surface area (Å²) in [6.45, 7) is 0.249. The SMILES string of the molecule is CS(=O)(=O)NCCn1c(-c2ccccc2)noc1=O. The van der Waals surface area contributed by atoms with E-state index < -0.39 is 15.8 Å². The Labute approximate surface area is 109 Å². The van der Waals surface area contributed by atoms with E-state index in [2.05, 4.69) is 14.4 Å². The Bertz CT molecular complexity index is 703. The molecule has 0 saturated carbocycles. The molecular weight excluding hydrogens is 270 g/mol. The molecule has 8 heteroatoms. The minimum absolute atomic E-state index is 0.0970. The van der Waals surface area contributed by atoms with E-state index in [0.29, 0.717) is 5.82 Å². The van der Waals surface area contributed by atoms with Crippen molar-refractivity contribution in [2.45, 2.75) is 6.54 Å². The van der Waals surface area contributed by atoms with Crippen molar-refractivity contribution in [3.63, 3.8) is 0 Å². The summed E-state index contributed by atoms with van der Waals surface area (Å²) < 4.78 is 30.1. The van der Waals surface area contributed by atoms with Crippen LogP contribution in [0.1, 0.15) is 0 Å². The second-order valence-electron chi connectivity index (χ2n) is 3.96. The Kier molecular flexibility index (Phi) is 3.82. The van der Waals surface area contributed by atoms with Gasteiger partial charge in [0.1, 0.15) is 0 Å². The lowest BCUT2D eigenvalue weighted by molar-refractivity contribution is 0.376. The van der Waals surface area contributed by atoms with Crippen molar-refractivity contribution in [3.05, 3.63) is 40.9 Å². The molecule has 0 saturated heterocycles. The Balaban J connectivity index is 2.22. The fourth-order valence-corrected chi connectivity index (χ4v) is 2.07. The van der Waals surface area contributed by atoms with Crippen molar-refractivity contribution in [2.24, 2.45) is 0 Å². The van der Waals surface area contributed by atoms with Crippen LogP contribution in [0, 0.1) is 0 Å². The van der Waals surface area contributed by atoms with E-state index in [0.717, 1.165) is 11.8 Å². The van der Waals surface area contributed by atoms with Crippen LogP contribution in [0.25, 0.3) is 11.4 Å². The Morgan fingerprint density at radius 3 is 2.63 bits per heavy atom. The molecule has 0 fully saturated rings. The average Bonchev–Trinajstić information content (AvgIpc) is 2.71. The van der Waals surface area contributed by atoms with Gasteiger partial charge < -0.3 is 0 Å². The molecule has 0 spiro atoms. The van der Waals surface area contributed by atoms with Crippen LogP contribution in [0.5, 0.6) is 0 Å². The van der Waals surface area contributed by atoms with Crippen LogP contribution < -0.4 is 10.5 Å². The number of rotatable bonds is 5. The smallest absolute Gasteiger partial charge is 0.295 e. The highest BCUT2D eigenvalue weighted by molar-refractivity contribution is 7.88. The molecule has 102 valence electrons. The molecule has 0 aliphatic carbocycles. The number of aromatic nitrogens is 2. The predicted octanol–water partition coefficient (Wildman–Crippen LogP) is 0.0525. The lowest BCUT2D eigenvalue weighted by Gasteiger charge is -2.04. The number of hydrogen-bond donors (Lipinski definition) is 1. The van der Waals surface area contributed by atoms with Crippen LogP contribution in [-0.4, -0.2) is 30.9 Å². The summed E-state index contributed by atoms with van der Waals surface area (Å²) in [5.74, 6) is -0.241. The summed E-state index contributed by atoms with van der Waals surface area (Å²) in [4.78, 5) is 11.5. The lowest BCUT2D eigenvalue weighted by atomic mass is 10.2. The van der Waals surface area contributed by atoms with Crippen molar-refractivity contribution < 1.29 is 12.9 Å². The van der Waals surface area contributed by atoms with Crippen molar-refractivity contribution in [2.75, 3.05) is 12.8 Å². The highest BCUT2D eigenvalue weighted by Crippen LogP contribution is 2.14. The standard InChI is InChI=1S/C11H13N3O4S/c1-19(16,17)12-7-8-14-10(13-18-11(14)15)9-5-3-2-4-6-9/h2-6,12H,7-8H2,1H3. The zero-order chi connectivity index (χ0) is 13.9. The Morgan fingerprint density at radius 1 is 1.32 bits per heavy atom. The lowest BCUT2D eigenvalue weighted by Crippen LogP contribution is -2.29. The summed E-state index contributed by atoms with van der Waals surface area (Å²) in [6.07, 6.45) is 1.06. The highest BCUT2D eigenvalue weighted by Gasteiger charge is 2.12. The molecule has 19 heavy (non-hydrogen) atoms. The van der Waals surface area contributed by atoms with Crippen molar-refractivity contribution >= 4 is 10.0 Å². The van der Waals surface area contributed by atoms with Crippen LogP contribution in [0.4, 0.5) is 0 Å². The van der Waals surface area contributed by atoms with E-state index in [1.165, 1.54) is 4.57 Å². The van der Waals surface area contributed by atoms with Crippen LogP contribution in [0.2, 0.25) is 0 Å². The van der Waals surface area contributed by atoms with Gasteiger partial charge in [0.05, 0.1) is 6.26 Å². The van der Waals surface area contributed by atoms with Gasteiger partial charge in [-0.3, -0.25) is 9.09 Å². The second-order valence-corrected chi connectivity index (χ2v) is 5.79. The molecule has 1 heterocycles. The molecule has 0 aliphatic rings. The minimum atomic E-state index is -3.28. The Morgan fingerprint density at radius 2 is 2.00 bits per heavy atom. The molecule has 0 unspecified atom stereocenters. The maximum atomic E-state index is 11.5. The van der Waals surface area contributed by atoms with Gasteiger partial charge in [0, 0.05) is 18.7 Å². The first-order valence-corrected chi connectivity index (χ1v) is 7.43. The zero-order valence-electron chi connectivity index (χ0n) is 10.2. The fraction of sp³-hybridized carbons (Fsp3) is 0.273. The number of sulfonamides is 1. The van der Waals surface area contributed by atoms with Gasteiger partial charge in [0.2, 0.25) is 10.0 Å². The van der Waals surface area contributed by atoms with Gasteiger partial charge in [-0.15, -0.1) is 0 Å². The molecule has 0 radical (unpaired) electrons. The number of hydrogen-bond acceptors (Lipinski definition) is 5. The molecule has 0 bridgehead atoms. The summed E-state index contributed by atoms with van der Waals surface area (Å²) in [6, 6.07) is 9.05. The molecule has 0 aliphatic heterocycles. The maximum Gasteiger partial charge on any atom is 0.441 e. The van der Waals surface area contributed by atoms with Crippen LogP contribution in [-0.2, 0) is 16.6 Å². The van der Waals surface area contributed by atoms with Gasteiger partial charge in [0.25, 0.3) is 0 Å². The van der Waals surface area contributed by atoms with E-state index in [1.807, 2.05) is 18.2 Å². The predicted molar refractivity (Wildman–Crippen MR) is 69.0 cm³/mol. The first-order valence-electron chi connectivity index (χ1n) is 5.54. The summed E-state index contributed by atoms with van der Waals surface area (Å²) in [7, 11) is -3.28. The fourth-order valence-electron chi connectivity index (χ4n) is 1.60. The van der Waals surface area contributed by atoms with E-state index in [1.54, 1.807) is 12.1 Å². The third-order valence-electron chi connectivity index (χ3n) is 2.42. The van der Waals surface area contributed by atoms with Crippen LogP contribution in [0.3, 0.4) is 0 Å². The first-order chi connectivity index (χ1) is 8.97. The highest BCUT2D eigenvalue weighted by atomic mass is 32.2. The monoisotopic (exact) mass is 283 g/mol. The van der Waals surface area contributed by atoms with Crippen molar-refractivity contribution in [1.82, 2.24) is 14.4 Å². The first kappa shape index (κ1) is 13.5. The molecule has 2 rings (SSSR count). The van der Waals surface area contributed by atoms with Gasteiger partial charge in [0.15, 0.2) is 5.82 Å².